The monoisotopic (exact) mass is 398 g/mol. The Morgan fingerprint density at radius 1 is 1.26 bits per heavy atom. The van der Waals surface area contributed by atoms with E-state index in [2.05, 4.69) is 10.4 Å². The number of benzene rings is 1. The van der Waals surface area contributed by atoms with Crippen LogP contribution in [0, 0.1) is 0 Å². The molecule has 142 valence electrons. The van der Waals surface area contributed by atoms with E-state index in [0.29, 0.717) is 4.90 Å². The summed E-state index contributed by atoms with van der Waals surface area (Å²) in [6, 6.07) is 3.92. The Balaban J connectivity index is 1.75. The molecule has 0 fully saturated rings. The molecule has 1 aliphatic heterocycles. The van der Waals surface area contributed by atoms with Crippen LogP contribution in [0.3, 0.4) is 0 Å². The van der Waals surface area contributed by atoms with E-state index in [1.807, 2.05) is 0 Å². The van der Waals surface area contributed by atoms with Crippen molar-refractivity contribution in [3.8, 4) is 0 Å². The van der Waals surface area contributed by atoms with Crippen molar-refractivity contribution in [2.24, 2.45) is 0 Å². The first-order valence-electron chi connectivity index (χ1n) is 7.63. The van der Waals surface area contributed by atoms with Crippen molar-refractivity contribution < 1.29 is 22.8 Å². The summed E-state index contributed by atoms with van der Waals surface area (Å²) < 4.78 is 38.5. The SMILES string of the molecule is CN1C(=O)CSc2cnn(CC(=O)Nc3ccc(C(F)(F)F)cc3)c(=O)c21. The number of nitrogens with one attached hydrogen (secondary N) is 1. The van der Waals surface area contributed by atoms with Gasteiger partial charge in [-0.2, -0.15) is 18.3 Å². The Kier molecular flexibility index (Phi) is 4.96. The molecule has 2 heterocycles. The molecule has 1 aliphatic rings. The van der Waals surface area contributed by atoms with E-state index in [1.54, 1.807) is 0 Å². The van der Waals surface area contributed by atoms with Crippen LogP contribution in [0.5, 0.6) is 0 Å². The van der Waals surface area contributed by atoms with Crippen LogP contribution in [-0.4, -0.2) is 34.4 Å². The van der Waals surface area contributed by atoms with Gasteiger partial charge >= 0.3 is 6.18 Å². The molecule has 1 N–H and O–H groups in total. The molecule has 27 heavy (non-hydrogen) atoms. The first-order chi connectivity index (χ1) is 12.7. The van der Waals surface area contributed by atoms with Crippen LogP contribution in [0.4, 0.5) is 24.5 Å². The molecule has 11 heteroatoms. The number of hydrogen-bond donors (Lipinski definition) is 1. The summed E-state index contributed by atoms with van der Waals surface area (Å²) in [4.78, 5) is 38.1. The van der Waals surface area contributed by atoms with Crippen LogP contribution in [0.15, 0.2) is 40.2 Å². The third-order valence-electron chi connectivity index (χ3n) is 3.83. The van der Waals surface area contributed by atoms with Gasteiger partial charge in [0.2, 0.25) is 11.8 Å². The molecule has 3 rings (SSSR count). The minimum Gasteiger partial charge on any atom is -0.324 e. The van der Waals surface area contributed by atoms with Crippen LogP contribution in [0.25, 0.3) is 0 Å². The van der Waals surface area contributed by atoms with E-state index < -0.39 is 29.8 Å². The Bertz CT molecular complexity index is 957. The van der Waals surface area contributed by atoms with Crippen LogP contribution in [0.2, 0.25) is 0 Å². The maximum atomic E-state index is 12.5. The number of thioether (sulfide) groups is 1. The molecule has 1 aromatic heterocycles. The van der Waals surface area contributed by atoms with Crippen LogP contribution < -0.4 is 15.8 Å². The highest BCUT2D eigenvalue weighted by atomic mass is 32.2. The van der Waals surface area contributed by atoms with Crippen molar-refractivity contribution in [1.29, 1.82) is 0 Å². The topological polar surface area (TPSA) is 84.3 Å². The standard InChI is InChI=1S/C16H13F3N4O3S/c1-22-13(25)8-27-11-6-20-23(15(26)14(11)22)7-12(24)21-10-4-2-9(3-5-10)16(17,18)19/h2-6H,7-8H2,1H3,(H,21,24). The molecule has 0 aliphatic carbocycles. The van der Waals surface area contributed by atoms with Gasteiger partial charge in [-0.3, -0.25) is 14.4 Å². The zero-order chi connectivity index (χ0) is 19.8. The molecule has 0 saturated heterocycles. The largest absolute Gasteiger partial charge is 0.416 e. The van der Waals surface area contributed by atoms with Gasteiger partial charge in [-0.1, -0.05) is 0 Å². The minimum atomic E-state index is -4.47. The lowest BCUT2D eigenvalue weighted by molar-refractivity contribution is -0.137. The molecule has 0 atom stereocenters. The number of fused-ring (bicyclic) bond motifs is 1. The maximum Gasteiger partial charge on any atom is 0.416 e. The van der Waals surface area contributed by atoms with Gasteiger partial charge in [-0.25, -0.2) is 4.68 Å². The second-order valence-electron chi connectivity index (χ2n) is 5.68. The first-order valence-corrected chi connectivity index (χ1v) is 8.62. The number of alkyl halides is 3. The number of amides is 2. The van der Waals surface area contributed by atoms with Gasteiger partial charge < -0.3 is 10.2 Å². The number of nitrogens with zero attached hydrogens (tertiary/aromatic N) is 3. The second-order valence-corrected chi connectivity index (χ2v) is 6.70. The number of aromatic nitrogens is 2. The summed E-state index contributed by atoms with van der Waals surface area (Å²) in [7, 11) is 1.47. The fraction of sp³-hybridized carbons (Fsp3) is 0.250. The zero-order valence-corrected chi connectivity index (χ0v) is 14.7. The molecule has 0 radical (unpaired) electrons. The summed E-state index contributed by atoms with van der Waals surface area (Å²) in [5.74, 6) is -0.679. The van der Waals surface area contributed by atoms with Crippen molar-refractivity contribution in [3.63, 3.8) is 0 Å². The highest BCUT2D eigenvalue weighted by Gasteiger charge is 2.30. The predicted octanol–water partition coefficient (Wildman–Crippen LogP) is 1.97. The van der Waals surface area contributed by atoms with Gasteiger partial charge in [0, 0.05) is 12.7 Å². The van der Waals surface area contributed by atoms with E-state index in [9.17, 15) is 27.6 Å². The normalized spacial score (nSPS) is 14.1. The second kappa shape index (κ2) is 7.06. The molecule has 0 saturated carbocycles. The van der Waals surface area contributed by atoms with E-state index in [1.165, 1.54) is 29.9 Å². The van der Waals surface area contributed by atoms with Crippen LogP contribution >= 0.6 is 11.8 Å². The molecule has 7 nitrogen and oxygen atoms in total. The summed E-state index contributed by atoms with van der Waals surface area (Å²) in [6.07, 6.45) is -3.07. The summed E-state index contributed by atoms with van der Waals surface area (Å²) in [5.41, 5.74) is -1.13. The third-order valence-corrected chi connectivity index (χ3v) is 4.84. The lowest BCUT2D eigenvalue weighted by atomic mass is 10.2. The van der Waals surface area contributed by atoms with E-state index >= 15 is 0 Å². The molecular formula is C16H13F3N4O3S. The minimum absolute atomic E-state index is 0.147. The van der Waals surface area contributed by atoms with Crippen LogP contribution in [-0.2, 0) is 22.3 Å². The van der Waals surface area contributed by atoms with Gasteiger partial charge in [0.25, 0.3) is 5.56 Å². The number of hydrogen-bond acceptors (Lipinski definition) is 5. The molecule has 0 spiro atoms. The first kappa shape index (κ1) is 19.0. The van der Waals surface area contributed by atoms with Crippen molar-refractivity contribution in [1.82, 2.24) is 9.78 Å². The average Bonchev–Trinajstić information content (AvgIpc) is 2.60. The Morgan fingerprint density at radius 3 is 2.56 bits per heavy atom. The maximum absolute atomic E-state index is 12.5. The van der Waals surface area contributed by atoms with Crippen molar-refractivity contribution in [3.05, 3.63) is 46.4 Å². The number of halogens is 3. The van der Waals surface area contributed by atoms with Gasteiger partial charge in [-0.05, 0) is 24.3 Å². The number of anilines is 2. The van der Waals surface area contributed by atoms with Gasteiger partial charge in [0.1, 0.15) is 12.2 Å². The molecule has 2 amide bonds. The van der Waals surface area contributed by atoms with Crippen molar-refractivity contribution >= 4 is 35.0 Å². The van der Waals surface area contributed by atoms with E-state index in [4.69, 9.17) is 0 Å². The average molecular weight is 398 g/mol. The number of rotatable bonds is 3. The molecular weight excluding hydrogens is 385 g/mol. The van der Waals surface area contributed by atoms with E-state index in [-0.39, 0.29) is 23.0 Å². The number of carbonyl (C=O) groups is 2. The van der Waals surface area contributed by atoms with Crippen molar-refractivity contribution in [2.75, 3.05) is 23.0 Å². The smallest absolute Gasteiger partial charge is 0.324 e. The Morgan fingerprint density at radius 2 is 1.93 bits per heavy atom. The number of carbonyl (C=O) groups excluding carboxylic acids is 2. The van der Waals surface area contributed by atoms with Gasteiger partial charge in [-0.15, -0.1) is 11.8 Å². The van der Waals surface area contributed by atoms with Crippen molar-refractivity contribution in [2.45, 2.75) is 17.6 Å². The molecule has 0 unspecified atom stereocenters. The molecule has 1 aromatic carbocycles. The highest BCUT2D eigenvalue weighted by molar-refractivity contribution is 8.00. The lowest BCUT2D eigenvalue weighted by Crippen LogP contribution is -2.40. The third kappa shape index (κ3) is 3.97. The molecule has 2 aromatic rings. The predicted molar refractivity (Wildman–Crippen MR) is 92.7 cm³/mol. The fourth-order valence-electron chi connectivity index (χ4n) is 2.43. The Labute approximate surface area is 155 Å². The highest BCUT2D eigenvalue weighted by Crippen LogP contribution is 2.31. The Hall–Kier alpha value is -2.82. The summed E-state index contributed by atoms with van der Waals surface area (Å²) >= 11 is 1.19. The van der Waals surface area contributed by atoms with E-state index in [0.717, 1.165) is 28.9 Å². The lowest BCUT2D eigenvalue weighted by Gasteiger charge is -2.24. The quantitative estimate of drug-likeness (QED) is 0.855. The summed E-state index contributed by atoms with van der Waals surface area (Å²) in [6.45, 7) is -0.445. The zero-order valence-electron chi connectivity index (χ0n) is 13.9. The fourth-order valence-corrected chi connectivity index (χ4v) is 3.39. The van der Waals surface area contributed by atoms with Crippen LogP contribution in [0.1, 0.15) is 5.56 Å². The summed E-state index contributed by atoms with van der Waals surface area (Å²) in [5, 5.41) is 6.32. The molecule has 0 bridgehead atoms. The van der Waals surface area contributed by atoms with Gasteiger partial charge in [0.15, 0.2) is 0 Å². The van der Waals surface area contributed by atoms with Gasteiger partial charge in [0.05, 0.1) is 22.4 Å².